The molecule has 0 fully saturated rings. The van der Waals surface area contributed by atoms with E-state index in [1.54, 1.807) is 0 Å². The normalized spacial score (nSPS) is 10.9. The molecule has 0 saturated carbocycles. The number of nitrogens with one attached hydrogen (secondary N) is 2. The van der Waals surface area contributed by atoms with E-state index in [4.69, 9.17) is 0 Å². The first-order valence-corrected chi connectivity index (χ1v) is 6.45. The van der Waals surface area contributed by atoms with Crippen molar-refractivity contribution < 1.29 is 0 Å². The SMILES string of the molecule is CCNCc1cc(-c2c(C)cc(C)cc2C)n[nH]1. The fourth-order valence-corrected chi connectivity index (χ4v) is 2.42. The van der Waals surface area contributed by atoms with Gasteiger partial charge in [0.2, 0.25) is 0 Å². The highest BCUT2D eigenvalue weighted by molar-refractivity contribution is 5.68. The maximum atomic E-state index is 4.43. The quantitative estimate of drug-likeness (QED) is 0.866. The van der Waals surface area contributed by atoms with E-state index in [0.29, 0.717) is 0 Å². The topological polar surface area (TPSA) is 40.7 Å². The summed E-state index contributed by atoms with van der Waals surface area (Å²) in [5, 5.41) is 10.8. The van der Waals surface area contributed by atoms with Gasteiger partial charge in [0, 0.05) is 17.8 Å². The van der Waals surface area contributed by atoms with E-state index in [2.05, 4.69) is 61.4 Å². The second-order valence-electron chi connectivity index (χ2n) is 4.83. The Morgan fingerprint density at radius 2 is 1.78 bits per heavy atom. The van der Waals surface area contributed by atoms with Gasteiger partial charge in [-0.25, -0.2) is 0 Å². The van der Waals surface area contributed by atoms with Gasteiger partial charge in [0.25, 0.3) is 0 Å². The summed E-state index contributed by atoms with van der Waals surface area (Å²) in [6, 6.07) is 6.55. The molecule has 0 amide bonds. The number of aryl methyl sites for hydroxylation is 3. The number of benzene rings is 1. The van der Waals surface area contributed by atoms with Crippen LogP contribution in [0, 0.1) is 20.8 Å². The smallest absolute Gasteiger partial charge is 0.0929 e. The minimum atomic E-state index is 0.841. The van der Waals surface area contributed by atoms with Gasteiger partial charge in [0.15, 0.2) is 0 Å². The summed E-state index contributed by atoms with van der Waals surface area (Å²) in [5.74, 6) is 0. The van der Waals surface area contributed by atoms with Crippen LogP contribution in [-0.4, -0.2) is 16.7 Å². The van der Waals surface area contributed by atoms with Crippen LogP contribution in [0.15, 0.2) is 18.2 Å². The number of nitrogens with zero attached hydrogens (tertiary/aromatic N) is 1. The zero-order chi connectivity index (χ0) is 13.1. The molecule has 0 aliphatic rings. The van der Waals surface area contributed by atoms with Crippen LogP contribution in [-0.2, 0) is 6.54 Å². The van der Waals surface area contributed by atoms with Crippen LogP contribution in [0.5, 0.6) is 0 Å². The van der Waals surface area contributed by atoms with E-state index in [9.17, 15) is 0 Å². The van der Waals surface area contributed by atoms with Crippen LogP contribution in [0.2, 0.25) is 0 Å². The molecule has 96 valence electrons. The van der Waals surface area contributed by atoms with Crippen LogP contribution in [0.1, 0.15) is 29.3 Å². The molecule has 1 aromatic carbocycles. The molecule has 2 N–H and O–H groups in total. The zero-order valence-corrected chi connectivity index (χ0v) is 11.6. The van der Waals surface area contributed by atoms with Crippen LogP contribution in [0.3, 0.4) is 0 Å². The van der Waals surface area contributed by atoms with Crippen molar-refractivity contribution in [2.75, 3.05) is 6.54 Å². The fourth-order valence-electron chi connectivity index (χ4n) is 2.42. The lowest BCUT2D eigenvalue weighted by atomic mass is 9.97. The van der Waals surface area contributed by atoms with Gasteiger partial charge >= 0.3 is 0 Å². The molecule has 2 rings (SSSR count). The summed E-state index contributed by atoms with van der Waals surface area (Å²) >= 11 is 0. The van der Waals surface area contributed by atoms with E-state index >= 15 is 0 Å². The number of rotatable bonds is 4. The van der Waals surface area contributed by atoms with Gasteiger partial charge in [0.1, 0.15) is 0 Å². The Bertz CT molecular complexity index is 517. The average molecular weight is 243 g/mol. The second-order valence-corrected chi connectivity index (χ2v) is 4.83. The van der Waals surface area contributed by atoms with Crippen LogP contribution >= 0.6 is 0 Å². The number of aromatic nitrogens is 2. The third-order valence-electron chi connectivity index (χ3n) is 3.13. The zero-order valence-electron chi connectivity index (χ0n) is 11.6. The highest BCUT2D eigenvalue weighted by Crippen LogP contribution is 2.27. The second kappa shape index (κ2) is 5.36. The predicted octanol–water partition coefficient (Wildman–Crippen LogP) is 3.11. The number of hydrogen-bond donors (Lipinski definition) is 2. The van der Waals surface area contributed by atoms with Crippen LogP contribution in [0.4, 0.5) is 0 Å². The highest BCUT2D eigenvalue weighted by atomic mass is 15.1. The fraction of sp³-hybridized carbons (Fsp3) is 0.400. The molecule has 0 radical (unpaired) electrons. The Labute approximate surface area is 109 Å². The maximum absolute atomic E-state index is 4.43. The first kappa shape index (κ1) is 12.8. The van der Waals surface area contributed by atoms with E-state index in [-0.39, 0.29) is 0 Å². The summed E-state index contributed by atoms with van der Waals surface area (Å²) in [6.07, 6.45) is 0. The van der Waals surface area contributed by atoms with Crippen molar-refractivity contribution in [1.82, 2.24) is 15.5 Å². The molecular weight excluding hydrogens is 222 g/mol. The molecule has 18 heavy (non-hydrogen) atoms. The summed E-state index contributed by atoms with van der Waals surface area (Å²) < 4.78 is 0. The minimum absolute atomic E-state index is 0.841. The molecule has 0 aliphatic carbocycles. The Kier molecular flexibility index (Phi) is 3.82. The van der Waals surface area contributed by atoms with Crippen molar-refractivity contribution in [3.8, 4) is 11.3 Å². The molecule has 1 aromatic heterocycles. The lowest BCUT2D eigenvalue weighted by molar-refractivity contribution is 0.707. The van der Waals surface area contributed by atoms with Gasteiger partial charge in [-0.05, 0) is 44.5 Å². The minimum Gasteiger partial charge on any atom is -0.311 e. The molecule has 3 nitrogen and oxygen atoms in total. The Morgan fingerprint density at radius 1 is 1.11 bits per heavy atom. The lowest BCUT2D eigenvalue weighted by Crippen LogP contribution is -2.11. The third kappa shape index (κ3) is 2.62. The molecule has 3 heteroatoms. The first-order valence-electron chi connectivity index (χ1n) is 6.45. The summed E-state index contributed by atoms with van der Waals surface area (Å²) in [5.41, 5.74) is 7.30. The molecule has 0 spiro atoms. The van der Waals surface area contributed by atoms with Crippen molar-refractivity contribution in [1.29, 1.82) is 0 Å². The Hall–Kier alpha value is -1.61. The van der Waals surface area contributed by atoms with Gasteiger partial charge in [-0.2, -0.15) is 5.10 Å². The van der Waals surface area contributed by atoms with Gasteiger partial charge in [-0.15, -0.1) is 0 Å². The van der Waals surface area contributed by atoms with Crippen molar-refractivity contribution in [3.63, 3.8) is 0 Å². The van der Waals surface area contributed by atoms with Crippen molar-refractivity contribution in [3.05, 3.63) is 40.6 Å². The number of H-pyrrole nitrogens is 1. The van der Waals surface area contributed by atoms with Gasteiger partial charge in [-0.1, -0.05) is 24.6 Å². The van der Waals surface area contributed by atoms with Gasteiger partial charge in [-0.3, -0.25) is 5.10 Å². The standard InChI is InChI=1S/C15H21N3/c1-5-16-9-13-8-14(18-17-13)15-11(3)6-10(2)7-12(15)4/h6-8,16H,5,9H2,1-4H3,(H,17,18). The van der Waals surface area contributed by atoms with E-state index in [1.807, 2.05) is 0 Å². The molecule has 0 bridgehead atoms. The average Bonchev–Trinajstić information content (AvgIpc) is 2.73. The van der Waals surface area contributed by atoms with Crippen molar-refractivity contribution in [2.24, 2.45) is 0 Å². The molecular formula is C15H21N3. The Morgan fingerprint density at radius 3 is 2.39 bits per heavy atom. The van der Waals surface area contributed by atoms with Gasteiger partial charge < -0.3 is 5.32 Å². The van der Waals surface area contributed by atoms with Crippen LogP contribution in [0.25, 0.3) is 11.3 Å². The summed E-state index contributed by atoms with van der Waals surface area (Å²) in [6.45, 7) is 10.3. The molecule has 0 saturated heterocycles. The van der Waals surface area contributed by atoms with Gasteiger partial charge in [0.05, 0.1) is 5.69 Å². The molecule has 0 aliphatic heterocycles. The van der Waals surface area contributed by atoms with E-state index < -0.39 is 0 Å². The number of hydrogen-bond acceptors (Lipinski definition) is 2. The maximum Gasteiger partial charge on any atom is 0.0929 e. The van der Waals surface area contributed by atoms with Crippen LogP contribution < -0.4 is 5.32 Å². The Balaban J connectivity index is 2.34. The predicted molar refractivity (Wildman–Crippen MR) is 75.6 cm³/mol. The van der Waals surface area contributed by atoms with Crippen molar-refractivity contribution >= 4 is 0 Å². The monoisotopic (exact) mass is 243 g/mol. The molecule has 0 atom stereocenters. The molecule has 1 heterocycles. The summed E-state index contributed by atoms with van der Waals surface area (Å²) in [7, 11) is 0. The lowest BCUT2D eigenvalue weighted by Gasteiger charge is -2.08. The van der Waals surface area contributed by atoms with Crippen molar-refractivity contribution in [2.45, 2.75) is 34.2 Å². The summed E-state index contributed by atoms with van der Waals surface area (Å²) in [4.78, 5) is 0. The molecule has 2 aromatic rings. The largest absolute Gasteiger partial charge is 0.311 e. The number of aromatic amines is 1. The first-order chi connectivity index (χ1) is 8.61. The van der Waals surface area contributed by atoms with E-state index in [1.165, 1.54) is 22.3 Å². The molecule has 0 unspecified atom stereocenters. The third-order valence-corrected chi connectivity index (χ3v) is 3.13. The highest BCUT2D eigenvalue weighted by Gasteiger charge is 2.10. The van der Waals surface area contributed by atoms with E-state index in [0.717, 1.165) is 24.5 Å².